The van der Waals surface area contributed by atoms with Gasteiger partial charge in [-0.2, -0.15) is 0 Å². The zero-order chi connectivity index (χ0) is 28.7. The van der Waals surface area contributed by atoms with Crippen LogP contribution in [0.5, 0.6) is 0 Å². The van der Waals surface area contributed by atoms with Crippen molar-refractivity contribution in [3.05, 3.63) is 151 Å². The molecule has 0 bridgehead atoms. The summed E-state index contributed by atoms with van der Waals surface area (Å²) in [4.78, 5) is 0. The van der Waals surface area contributed by atoms with Gasteiger partial charge in [-0.25, -0.2) is 8.93 Å². The van der Waals surface area contributed by atoms with Gasteiger partial charge in [0.15, 0.2) is 0 Å². The van der Waals surface area contributed by atoms with Crippen LogP contribution < -0.4 is 31.2 Å². The third kappa shape index (κ3) is 7.48. The van der Waals surface area contributed by atoms with Crippen LogP contribution in [0.3, 0.4) is 0 Å². The second-order valence-corrected chi connectivity index (χ2v) is 17.3. The standard InChI is InChI=1S/C36H37NOP2S/c1-36(2,3)41(38)37-34(28-39(29-18-8-4-9-19-29)30-20-10-5-11-21-30)33-26-16-17-27-35(33)40(31-22-12-6-13-23-31)32-24-14-7-15-25-32/h4-27,34,37H,28H2,1-3H3/t34-,41?/m1/s1. The molecule has 0 aliphatic rings. The van der Waals surface area contributed by atoms with Gasteiger partial charge in [0, 0.05) is 6.04 Å². The van der Waals surface area contributed by atoms with Gasteiger partial charge in [-0.1, -0.05) is 146 Å². The van der Waals surface area contributed by atoms with Crippen LogP contribution in [0.1, 0.15) is 32.4 Å². The fourth-order valence-corrected chi connectivity index (χ4v) is 10.7. The molecule has 0 radical (unpaired) electrons. The van der Waals surface area contributed by atoms with Crippen molar-refractivity contribution in [3.8, 4) is 0 Å². The number of hydrogen-bond donors (Lipinski definition) is 1. The first-order valence-electron chi connectivity index (χ1n) is 14.0. The number of benzene rings is 5. The Balaban J connectivity index is 1.66. The topological polar surface area (TPSA) is 29.1 Å². The van der Waals surface area contributed by atoms with Crippen LogP contribution in [0.2, 0.25) is 0 Å². The Kier molecular flexibility index (Phi) is 9.97. The Hall–Kier alpha value is -2.93. The summed E-state index contributed by atoms with van der Waals surface area (Å²) in [6.45, 7) is 6.12. The fraction of sp³-hybridized carbons (Fsp3) is 0.167. The Bertz CT molecular complexity index is 1460. The summed E-state index contributed by atoms with van der Waals surface area (Å²) < 4.78 is 17.0. The van der Waals surface area contributed by atoms with Gasteiger partial charge in [0.2, 0.25) is 0 Å². The molecule has 2 nitrogen and oxygen atoms in total. The van der Waals surface area contributed by atoms with Crippen molar-refractivity contribution in [1.29, 1.82) is 0 Å². The fourth-order valence-electron chi connectivity index (χ4n) is 4.83. The summed E-state index contributed by atoms with van der Waals surface area (Å²) in [6.07, 6.45) is 0.842. The molecule has 0 saturated carbocycles. The van der Waals surface area contributed by atoms with Crippen LogP contribution in [0.4, 0.5) is 0 Å². The van der Waals surface area contributed by atoms with Gasteiger partial charge < -0.3 is 0 Å². The maximum atomic E-state index is 13.7. The lowest BCUT2D eigenvalue weighted by Gasteiger charge is -2.31. The molecule has 1 unspecified atom stereocenters. The van der Waals surface area contributed by atoms with Gasteiger partial charge in [0.05, 0.1) is 15.7 Å². The molecule has 0 heterocycles. The smallest absolute Gasteiger partial charge is 0.0976 e. The Labute approximate surface area is 250 Å². The summed E-state index contributed by atoms with van der Waals surface area (Å²) in [5.41, 5.74) is 1.23. The van der Waals surface area contributed by atoms with E-state index in [0.717, 1.165) is 6.16 Å². The Morgan fingerprint density at radius 3 is 1.41 bits per heavy atom. The van der Waals surface area contributed by atoms with Gasteiger partial charge in [-0.3, -0.25) is 0 Å². The van der Waals surface area contributed by atoms with Crippen LogP contribution in [0.25, 0.3) is 0 Å². The molecule has 5 heteroatoms. The molecule has 0 saturated heterocycles. The number of rotatable bonds is 10. The van der Waals surface area contributed by atoms with Crippen molar-refractivity contribution in [2.45, 2.75) is 31.6 Å². The van der Waals surface area contributed by atoms with Gasteiger partial charge in [-0.15, -0.1) is 0 Å². The van der Waals surface area contributed by atoms with Crippen molar-refractivity contribution in [2.24, 2.45) is 0 Å². The van der Waals surface area contributed by atoms with E-state index >= 15 is 0 Å². The maximum Gasteiger partial charge on any atom is 0.0976 e. The van der Waals surface area contributed by atoms with Crippen molar-refractivity contribution in [1.82, 2.24) is 4.72 Å². The average molecular weight is 594 g/mol. The van der Waals surface area contributed by atoms with Crippen LogP contribution in [0, 0.1) is 0 Å². The van der Waals surface area contributed by atoms with Crippen molar-refractivity contribution >= 4 is 53.4 Å². The molecule has 5 aromatic rings. The zero-order valence-electron chi connectivity index (χ0n) is 23.9. The first kappa shape index (κ1) is 29.6. The van der Waals surface area contributed by atoms with E-state index < -0.39 is 26.8 Å². The summed E-state index contributed by atoms with van der Waals surface area (Å²) in [6, 6.07) is 52.0. The molecule has 0 aromatic heterocycles. The summed E-state index contributed by atoms with van der Waals surface area (Å²) >= 11 is 0. The molecule has 1 N–H and O–H groups in total. The molecule has 208 valence electrons. The molecule has 0 aliphatic heterocycles. The summed E-state index contributed by atoms with van der Waals surface area (Å²) in [5, 5.41) is 6.58. The number of hydrogen-bond acceptors (Lipinski definition) is 1. The third-order valence-corrected chi connectivity index (χ3v) is 13.6. The SMILES string of the molecule is CC(C)(C)S(=O)N[C@H](CP(c1ccccc1)c1ccccc1)c1ccccc1P(c1ccccc1)c1ccccc1. The minimum Gasteiger partial charge on any atom is -0.242 e. The first-order chi connectivity index (χ1) is 19.9. The van der Waals surface area contributed by atoms with Crippen LogP contribution in [-0.4, -0.2) is 15.1 Å². The molecular weight excluding hydrogens is 556 g/mol. The summed E-state index contributed by atoms with van der Waals surface area (Å²) in [5.74, 6) is 0. The van der Waals surface area contributed by atoms with E-state index in [1.807, 2.05) is 20.8 Å². The predicted octanol–water partition coefficient (Wildman–Crippen LogP) is 6.67. The van der Waals surface area contributed by atoms with E-state index in [-0.39, 0.29) is 10.8 Å². The molecule has 0 aliphatic carbocycles. The molecule has 0 fully saturated rings. The van der Waals surface area contributed by atoms with Gasteiger partial charge in [0.25, 0.3) is 0 Å². The van der Waals surface area contributed by atoms with E-state index in [4.69, 9.17) is 0 Å². The molecule has 5 rings (SSSR count). The zero-order valence-corrected chi connectivity index (χ0v) is 26.5. The van der Waals surface area contributed by atoms with Crippen molar-refractivity contribution in [3.63, 3.8) is 0 Å². The molecule has 2 atom stereocenters. The minimum atomic E-state index is -1.24. The van der Waals surface area contributed by atoms with Gasteiger partial charge >= 0.3 is 0 Å². The molecule has 41 heavy (non-hydrogen) atoms. The molecule has 0 spiro atoms. The molecular formula is C36H37NOP2S. The van der Waals surface area contributed by atoms with E-state index in [1.165, 1.54) is 32.1 Å². The van der Waals surface area contributed by atoms with Crippen LogP contribution in [0.15, 0.2) is 146 Å². The van der Waals surface area contributed by atoms with E-state index in [2.05, 4.69) is 150 Å². The van der Waals surface area contributed by atoms with E-state index in [9.17, 15) is 4.21 Å². The summed E-state index contributed by atoms with van der Waals surface area (Å²) in [7, 11) is -2.77. The maximum absolute atomic E-state index is 13.7. The monoisotopic (exact) mass is 593 g/mol. The quantitative estimate of drug-likeness (QED) is 0.180. The molecule has 0 amide bonds. The van der Waals surface area contributed by atoms with Crippen LogP contribution >= 0.6 is 15.8 Å². The normalized spacial score (nSPS) is 13.3. The van der Waals surface area contributed by atoms with Crippen molar-refractivity contribution in [2.75, 3.05) is 6.16 Å². The predicted molar refractivity (Wildman–Crippen MR) is 183 cm³/mol. The highest BCUT2D eigenvalue weighted by Crippen LogP contribution is 2.41. The second kappa shape index (κ2) is 13.8. The van der Waals surface area contributed by atoms with Gasteiger partial charge in [-0.05, 0) is 74.9 Å². The third-order valence-electron chi connectivity index (χ3n) is 6.89. The lowest BCUT2D eigenvalue weighted by atomic mass is 10.1. The van der Waals surface area contributed by atoms with Crippen molar-refractivity contribution < 1.29 is 4.21 Å². The van der Waals surface area contributed by atoms with E-state index in [0.29, 0.717) is 0 Å². The Morgan fingerprint density at radius 1 is 0.585 bits per heavy atom. The lowest BCUT2D eigenvalue weighted by molar-refractivity contribution is 0.618. The minimum absolute atomic E-state index is 0.102. The molecule has 5 aromatic carbocycles. The largest absolute Gasteiger partial charge is 0.242 e. The first-order valence-corrected chi connectivity index (χ1v) is 18.0. The van der Waals surface area contributed by atoms with Gasteiger partial charge in [0.1, 0.15) is 0 Å². The Morgan fingerprint density at radius 2 is 0.976 bits per heavy atom. The highest BCUT2D eigenvalue weighted by atomic mass is 32.2. The second-order valence-electron chi connectivity index (χ2n) is 10.9. The van der Waals surface area contributed by atoms with Crippen LogP contribution in [-0.2, 0) is 11.0 Å². The lowest BCUT2D eigenvalue weighted by Crippen LogP contribution is -2.39. The van der Waals surface area contributed by atoms with E-state index in [1.54, 1.807) is 0 Å². The number of nitrogens with one attached hydrogen (secondary N) is 1. The highest BCUT2D eigenvalue weighted by Gasteiger charge is 2.30. The average Bonchev–Trinajstić information content (AvgIpc) is 3.01. The highest BCUT2D eigenvalue weighted by molar-refractivity contribution is 7.84.